The van der Waals surface area contributed by atoms with E-state index in [1.807, 2.05) is 0 Å². The Morgan fingerprint density at radius 3 is 2.54 bits per heavy atom. The summed E-state index contributed by atoms with van der Waals surface area (Å²) in [7, 11) is 0. The zero-order valence-corrected chi connectivity index (χ0v) is 8.26. The van der Waals surface area contributed by atoms with Gasteiger partial charge >= 0.3 is 0 Å². The van der Waals surface area contributed by atoms with Crippen LogP contribution < -0.4 is 16.4 Å². The van der Waals surface area contributed by atoms with Gasteiger partial charge in [-0.2, -0.15) is 0 Å². The lowest BCUT2D eigenvalue weighted by Gasteiger charge is -2.37. The van der Waals surface area contributed by atoms with E-state index in [1.54, 1.807) is 0 Å². The predicted molar refractivity (Wildman–Crippen MR) is 54.5 cm³/mol. The smallest absolute Gasteiger partial charge is 0.0197 e. The van der Waals surface area contributed by atoms with E-state index >= 15 is 0 Å². The van der Waals surface area contributed by atoms with Crippen LogP contribution in [0.3, 0.4) is 0 Å². The van der Waals surface area contributed by atoms with Gasteiger partial charge in [0.2, 0.25) is 0 Å². The van der Waals surface area contributed by atoms with Gasteiger partial charge in [0.15, 0.2) is 0 Å². The van der Waals surface area contributed by atoms with Gasteiger partial charge in [-0.25, -0.2) is 0 Å². The van der Waals surface area contributed by atoms with Crippen LogP contribution in [0.2, 0.25) is 0 Å². The van der Waals surface area contributed by atoms with Crippen LogP contribution >= 0.6 is 0 Å². The first kappa shape index (κ1) is 9.44. The first-order valence-corrected chi connectivity index (χ1v) is 5.55. The SMILES string of the molecule is NC1CNCCC1C1CCCNC1. The zero-order valence-electron chi connectivity index (χ0n) is 8.26. The van der Waals surface area contributed by atoms with Gasteiger partial charge in [-0.15, -0.1) is 0 Å². The number of hydrogen-bond acceptors (Lipinski definition) is 3. The van der Waals surface area contributed by atoms with Crippen molar-refractivity contribution in [2.45, 2.75) is 25.3 Å². The fraction of sp³-hybridized carbons (Fsp3) is 1.00. The summed E-state index contributed by atoms with van der Waals surface area (Å²) in [6.45, 7) is 4.57. The van der Waals surface area contributed by atoms with Gasteiger partial charge in [0.1, 0.15) is 0 Å². The molecule has 76 valence electrons. The first-order valence-electron chi connectivity index (χ1n) is 5.55. The van der Waals surface area contributed by atoms with Gasteiger partial charge in [-0.05, 0) is 50.7 Å². The quantitative estimate of drug-likeness (QED) is 0.533. The minimum atomic E-state index is 0.388. The first-order chi connectivity index (χ1) is 6.38. The van der Waals surface area contributed by atoms with Crippen LogP contribution in [0.1, 0.15) is 19.3 Å². The lowest BCUT2D eigenvalue weighted by atomic mass is 9.78. The molecule has 3 atom stereocenters. The van der Waals surface area contributed by atoms with Crippen LogP contribution in [0.5, 0.6) is 0 Å². The normalized spacial score (nSPS) is 41.8. The van der Waals surface area contributed by atoms with Crippen LogP contribution in [-0.4, -0.2) is 32.2 Å². The van der Waals surface area contributed by atoms with Crippen LogP contribution in [0, 0.1) is 11.8 Å². The van der Waals surface area contributed by atoms with E-state index < -0.39 is 0 Å². The van der Waals surface area contributed by atoms with Crippen LogP contribution in [0.15, 0.2) is 0 Å². The highest BCUT2D eigenvalue weighted by Gasteiger charge is 2.29. The molecule has 4 N–H and O–H groups in total. The molecule has 13 heavy (non-hydrogen) atoms. The molecule has 2 heterocycles. The summed E-state index contributed by atoms with van der Waals surface area (Å²) in [5, 5.41) is 6.83. The molecule has 0 aromatic carbocycles. The fourth-order valence-electron chi connectivity index (χ4n) is 2.73. The molecule has 2 aliphatic rings. The molecule has 0 bridgehead atoms. The number of hydrogen-bond donors (Lipinski definition) is 3. The Hall–Kier alpha value is -0.120. The van der Waals surface area contributed by atoms with Gasteiger partial charge in [0.25, 0.3) is 0 Å². The molecule has 2 aliphatic heterocycles. The number of piperidine rings is 2. The summed E-state index contributed by atoms with van der Waals surface area (Å²) in [5.74, 6) is 1.60. The molecule has 0 aromatic heterocycles. The topological polar surface area (TPSA) is 50.1 Å². The monoisotopic (exact) mass is 183 g/mol. The van der Waals surface area contributed by atoms with E-state index in [1.165, 1.54) is 32.4 Å². The van der Waals surface area contributed by atoms with Gasteiger partial charge in [0.05, 0.1) is 0 Å². The van der Waals surface area contributed by atoms with Crippen LogP contribution in [0.4, 0.5) is 0 Å². The number of nitrogens with one attached hydrogen (secondary N) is 2. The number of nitrogens with two attached hydrogens (primary N) is 1. The van der Waals surface area contributed by atoms with E-state index in [9.17, 15) is 0 Å². The zero-order chi connectivity index (χ0) is 9.10. The van der Waals surface area contributed by atoms with Crippen LogP contribution in [0.25, 0.3) is 0 Å². The molecule has 2 fully saturated rings. The Labute approximate surface area is 80.5 Å². The molecule has 0 amide bonds. The highest BCUT2D eigenvalue weighted by molar-refractivity contribution is 4.87. The maximum absolute atomic E-state index is 6.12. The average molecular weight is 183 g/mol. The highest BCUT2D eigenvalue weighted by Crippen LogP contribution is 2.26. The van der Waals surface area contributed by atoms with Crippen molar-refractivity contribution in [2.75, 3.05) is 26.2 Å². The standard InChI is InChI=1S/C10H21N3/c11-10-7-13-5-3-9(10)8-2-1-4-12-6-8/h8-10,12-13H,1-7,11H2. The van der Waals surface area contributed by atoms with E-state index in [-0.39, 0.29) is 0 Å². The second-order valence-corrected chi connectivity index (χ2v) is 4.43. The van der Waals surface area contributed by atoms with E-state index in [4.69, 9.17) is 5.73 Å². The van der Waals surface area contributed by atoms with E-state index in [0.29, 0.717) is 6.04 Å². The molecular weight excluding hydrogens is 162 g/mol. The molecule has 0 radical (unpaired) electrons. The largest absolute Gasteiger partial charge is 0.326 e. The third-order valence-electron chi connectivity index (χ3n) is 3.52. The summed E-state index contributed by atoms with van der Waals surface area (Å²) < 4.78 is 0. The Morgan fingerprint density at radius 2 is 1.85 bits per heavy atom. The van der Waals surface area contributed by atoms with Gasteiger partial charge in [-0.3, -0.25) is 0 Å². The Morgan fingerprint density at radius 1 is 1.00 bits per heavy atom. The van der Waals surface area contributed by atoms with Crippen molar-refractivity contribution >= 4 is 0 Å². The lowest BCUT2D eigenvalue weighted by Crippen LogP contribution is -2.51. The molecule has 0 aromatic rings. The summed E-state index contributed by atoms with van der Waals surface area (Å²) in [6.07, 6.45) is 3.99. The molecule has 0 aliphatic carbocycles. The molecule has 0 saturated carbocycles. The summed E-state index contributed by atoms with van der Waals surface area (Å²) in [6, 6.07) is 0.388. The Kier molecular flexibility index (Phi) is 3.19. The second kappa shape index (κ2) is 4.40. The minimum absolute atomic E-state index is 0.388. The maximum Gasteiger partial charge on any atom is 0.0197 e. The molecule has 3 nitrogen and oxygen atoms in total. The van der Waals surface area contributed by atoms with Crippen molar-refractivity contribution in [1.82, 2.24) is 10.6 Å². The lowest BCUT2D eigenvalue weighted by molar-refractivity contribution is 0.191. The fourth-order valence-corrected chi connectivity index (χ4v) is 2.73. The van der Waals surface area contributed by atoms with Gasteiger partial charge < -0.3 is 16.4 Å². The molecule has 2 rings (SSSR count). The minimum Gasteiger partial charge on any atom is -0.326 e. The van der Waals surface area contributed by atoms with Crippen molar-refractivity contribution in [3.8, 4) is 0 Å². The van der Waals surface area contributed by atoms with Crippen molar-refractivity contribution in [2.24, 2.45) is 17.6 Å². The van der Waals surface area contributed by atoms with Crippen molar-refractivity contribution in [3.63, 3.8) is 0 Å². The van der Waals surface area contributed by atoms with E-state index in [2.05, 4.69) is 10.6 Å². The molecule has 0 spiro atoms. The molecule has 2 saturated heterocycles. The third-order valence-corrected chi connectivity index (χ3v) is 3.52. The highest BCUT2D eigenvalue weighted by atomic mass is 14.9. The predicted octanol–water partition coefficient (Wildman–Crippen LogP) is -0.0772. The Balaban J connectivity index is 1.88. The van der Waals surface area contributed by atoms with E-state index in [0.717, 1.165) is 24.9 Å². The third kappa shape index (κ3) is 2.22. The molecule has 3 unspecified atom stereocenters. The van der Waals surface area contributed by atoms with Gasteiger partial charge in [-0.1, -0.05) is 0 Å². The Bertz CT molecular complexity index is 154. The second-order valence-electron chi connectivity index (χ2n) is 4.43. The molecular formula is C10H21N3. The van der Waals surface area contributed by atoms with Crippen molar-refractivity contribution < 1.29 is 0 Å². The maximum atomic E-state index is 6.12. The summed E-state index contributed by atoms with van der Waals surface area (Å²) >= 11 is 0. The van der Waals surface area contributed by atoms with Crippen LogP contribution in [-0.2, 0) is 0 Å². The average Bonchev–Trinajstić information content (AvgIpc) is 2.20. The number of rotatable bonds is 1. The van der Waals surface area contributed by atoms with Crippen molar-refractivity contribution in [1.29, 1.82) is 0 Å². The summed E-state index contributed by atoms with van der Waals surface area (Å²) in [5.41, 5.74) is 6.12. The summed E-state index contributed by atoms with van der Waals surface area (Å²) in [4.78, 5) is 0. The molecule has 3 heteroatoms. The van der Waals surface area contributed by atoms with Crippen molar-refractivity contribution in [3.05, 3.63) is 0 Å². The van der Waals surface area contributed by atoms with Gasteiger partial charge in [0, 0.05) is 12.6 Å².